The first-order valence-corrected chi connectivity index (χ1v) is 21.4. The Labute approximate surface area is 367 Å². The second-order valence-electron chi connectivity index (χ2n) is 15.1. The van der Waals surface area contributed by atoms with E-state index < -0.39 is 29.5 Å². The third-order valence-corrected chi connectivity index (χ3v) is 10.1. The molecule has 0 unspecified atom stereocenters. The number of carboxylic acid groups (broad SMARTS) is 1. The number of carbonyl (C=O) groups is 5. The van der Waals surface area contributed by atoms with Gasteiger partial charge in [0, 0.05) is 37.6 Å². The van der Waals surface area contributed by atoms with Gasteiger partial charge in [0.25, 0.3) is 17.7 Å². The average molecular weight is 873 g/mol. The highest BCUT2D eigenvalue weighted by atomic mass is 16.7. The van der Waals surface area contributed by atoms with Crippen molar-refractivity contribution in [3.05, 3.63) is 106 Å². The van der Waals surface area contributed by atoms with Gasteiger partial charge in [-0.1, -0.05) is 89.6 Å². The van der Waals surface area contributed by atoms with Crippen LogP contribution < -0.4 is 5.32 Å². The number of hydrogen-bond donors (Lipinski definition) is 8. The molecule has 0 aliphatic carbocycles. The second kappa shape index (κ2) is 25.9. The molecule has 15 heteroatoms. The first-order valence-electron chi connectivity index (χ1n) is 21.4. The van der Waals surface area contributed by atoms with Crippen LogP contribution >= 0.6 is 0 Å². The molecule has 1 aliphatic rings. The zero-order valence-corrected chi connectivity index (χ0v) is 36.2. The Balaban J connectivity index is 0.000000257. The van der Waals surface area contributed by atoms with Crippen molar-refractivity contribution in [3.8, 4) is 34.5 Å². The van der Waals surface area contributed by atoms with E-state index in [2.05, 4.69) is 19.2 Å². The Kier molecular flexibility index (Phi) is 20.8. The fourth-order valence-electron chi connectivity index (χ4n) is 6.88. The minimum Gasteiger partial charge on any atom is -0.508 e. The minimum atomic E-state index is -1.16. The molecule has 0 atom stereocenters. The van der Waals surface area contributed by atoms with Crippen LogP contribution in [0.2, 0.25) is 0 Å². The van der Waals surface area contributed by atoms with Crippen molar-refractivity contribution >= 4 is 29.7 Å². The lowest BCUT2D eigenvalue weighted by atomic mass is 9.99. The lowest BCUT2D eigenvalue weighted by molar-refractivity contribution is -0.172. The van der Waals surface area contributed by atoms with Crippen molar-refractivity contribution < 1.29 is 64.6 Å². The summed E-state index contributed by atoms with van der Waals surface area (Å²) in [4.78, 5) is 63.5. The van der Waals surface area contributed by atoms with Gasteiger partial charge in [-0.05, 0) is 85.4 Å². The summed E-state index contributed by atoms with van der Waals surface area (Å²) in [6, 6.07) is 17.6. The summed E-state index contributed by atoms with van der Waals surface area (Å²) in [5.41, 5.74) is 2.78. The van der Waals surface area contributed by atoms with Crippen LogP contribution in [0, 0.1) is 0 Å². The number of benzene rings is 4. The van der Waals surface area contributed by atoms with E-state index in [4.69, 9.17) is 9.94 Å². The molecule has 0 radical (unpaired) electrons. The molecule has 63 heavy (non-hydrogen) atoms. The Morgan fingerprint density at radius 1 is 0.571 bits per heavy atom. The molecule has 1 fully saturated rings. The van der Waals surface area contributed by atoms with Gasteiger partial charge in [0.1, 0.15) is 45.6 Å². The summed E-state index contributed by atoms with van der Waals surface area (Å²) in [5.74, 6) is -4.90. The Bertz CT molecular complexity index is 2160. The number of hydroxylamine groups is 2. The van der Waals surface area contributed by atoms with Crippen molar-refractivity contribution in [1.82, 2.24) is 10.4 Å². The lowest BCUT2D eigenvalue weighted by Crippen LogP contribution is -2.32. The number of unbranched alkanes of at least 4 members (excludes halogenated alkanes) is 6. The van der Waals surface area contributed by atoms with E-state index in [1.54, 1.807) is 6.07 Å². The molecule has 4 aromatic carbocycles. The zero-order valence-electron chi connectivity index (χ0n) is 36.2. The van der Waals surface area contributed by atoms with Gasteiger partial charge in [0.2, 0.25) is 0 Å². The largest absolute Gasteiger partial charge is 0.508 e. The number of nitrogens with zero attached hydrogens (tertiary/aromatic N) is 1. The van der Waals surface area contributed by atoms with Gasteiger partial charge in [-0.3, -0.25) is 14.4 Å². The van der Waals surface area contributed by atoms with Crippen LogP contribution in [-0.4, -0.2) is 77.0 Å². The molecule has 340 valence electrons. The smallest absolute Gasteiger partial charge is 0.367 e. The van der Waals surface area contributed by atoms with Gasteiger partial charge in [0.15, 0.2) is 0 Å². The quantitative estimate of drug-likeness (QED) is 0.0326. The molecule has 1 saturated heterocycles. The third kappa shape index (κ3) is 15.9. The summed E-state index contributed by atoms with van der Waals surface area (Å²) in [6.45, 7) is 6.69. The van der Waals surface area contributed by atoms with Crippen molar-refractivity contribution in [2.45, 2.75) is 117 Å². The van der Waals surface area contributed by atoms with Gasteiger partial charge in [-0.15, -0.1) is 5.06 Å². The first-order chi connectivity index (χ1) is 30.1. The lowest BCUT2D eigenvalue weighted by Gasteiger charge is -2.15. The molecule has 0 bridgehead atoms. The molecular weight excluding hydrogens is 813 g/mol. The minimum absolute atomic E-state index is 0.00295. The fraction of sp³-hybridized carbons (Fsp3) is 0.396. The highest BCUT2D eigenvalue weighted by Crippen LogP contribution is 2.32. The number of rotatable bonds is 19. The molecule has 15 nitrogen and oxygen atoms in total. The van der Waals surface area contributed by atoms with Gasteiger partial charge in [0.05, 0.1) is 5.56 Å². The van der Waals surface area contributed by atoms with Crippen LogP contribution in [0.3, 0.4) is 0 Å². The number of imide groups is 1. The maximum absolute atomic E-state index is 12.5. The van der Waals surface area contributed by atoms with E-state index in [-0.39, 0.29) is 64.2 Å². The van der Waals surface area contributed by atoms with Crippen LogP contribution in [-0.2, 0) is 40.1 Å². The fourth-order valence-corrected chi connectivity index (χ4v) is 6.88. The summed E-state index contributed by atoms with van der Waals surface area (Å²) in [7, 11) is 0. The van der Waals surface area contributed by atoms with Crippen LogP contribution in [0.25, 0.3) is 0 Å². The van der Waals surface area contributed by atoms with E-state index in [0.717, 1.165) is 81.9 Å². The highest BCUT2D eigenvalue weighted by molar-refractivity contribution is 6.03. The Morgan fingerprint density at radius 3 is 1.43 bits per heavy atom. The number of aryl methyl sites for hydroxylation is 3. The van der Waals surface area contributed by atoms with E-state index in [0.29, 0.717) is 47.6 Å². The van der Waals surface area contributed by atoms with E-state index >= 15 is 0 Å². The maximum Gasteiger partial charge on any atom is 0.367 e. The third-order valence-electron chi connectivity index (χ3n) is 10.1. The van der Waals surface area contributed by atoms with Crippen LogP contribution in [0.15, 0.2) is 66.7 Å². The molecule has 0 saturated carbocycles. The summed E-state index contributed by atoms with van der Waals surface area (Å²) < 4.78 is 0. The predicted molar refractivity (Wildman–Crippen MR) is 235 cm³/mol. The standard InChI is InChI=1S/C20H25NO3.C16H19NO6.C12H16O4/c1-2-3-5-10-16-13-17(22)14-18(23)19(16)20(24)21-12-11-15-8-6-4-7-9-15;1-2-3-4-5-10-8-11(18)9-12(19)15(10)16(22)23-17-13(20)6-7-14(17)21;1-2-3-4-5-8-6-9(13)7-10(14)11(8)12(15)16/h4,6-9,13-14,22-23H,2-3,5,10-12H2,1H3,(H,21,24);8-9,18-19H,2-7H2,1H3;6-7,13-14H,2-5H2,1H3,(H,15,16). The van der Waals surface area contributed by atoms with Crippen LogP contribution in [0.4, 0.5) is 0 Å². The molecule has 8 N–H and O–H groups in total. The highest BCUT2D eigenvalue weighted by Gasteiger charge is 2.34. The molecule has 1 heterocycles. The molecule has 0 spiro atoms. The van der Waals surface area contributed by atoms with E-state index in [9.17, 15) is 54.6 Å². The normalized spacial score (nSPS) is 11.9. The Morgan fingerprint density at radius 2 is 0.984 bits per heavy atom. The number of amides is 3. The topological polar surface area (TPSA) is 251 Å². The molecule has 1 aliphatic heterocycles. The number of aromatic hydroxyl groups is 6. The SMILES string of the molecule is CCCCCc1cc(O)cc(O)c1C(=O)NCCc1ccccc1.CCCCCc1cc(O)cc(O)c1C(=O)O.CCCCCc1cc(O)cc(O)c1C(=O)ON1C(=O)CCC1=O. The maximum atomic E-state index is 12.5. The number of nitrogens with one attached hydrogen (secondary N) is 1. The van der Waals surface area contributed by atoms with Crippen LogP contribution in [0.1, 0.15) is 145 Å². The molecule has 3 amide bonds. The second-order valence-corrected chi connectivity index (χ2v) is 15.1. The number of carbonyl (C=O) groups excluding carboxylic acids is 4. The van der Waals surface area contributed by atoms with Gasteiger partial charge in [-0.25, -0.2) is 9.59 Å². The molecule has 4 aromatic rings. The summed E-state index contributed by atoms with van der Waals surface area (Å²) in [6.07, 6.45) is 11.0. The van der Waals surface area contributed by atoms with Crippen molar-refractivity contribution in [1.29, 1.82) is 0 Å². The monoisotopic (exact) mass is 872 g/mol. The average Bonchev–Trinajstić information content (AvgIpc) is 3.53. The van der Waals surface area contributed by atoms with Crippen molar-refractivity contribution in [3.63, 3.8) is 0 Å². The number of carboxylic acids is 1. The molecule has 0 aromatic heterocycles. The van der Waals surface area contributed by atoms with Crippen LogP contribution in [0.5, 0.6) is 34.5 Å². The summed E-state index contributed by atoms with van der Waals surface area (Å²) in [5, 5.41) is 70.3. The van der Waals surface area contributed by atoms with E-state index in [1.807, 2.05) is 37.3 Å². The molecular formula is C48H60N2O13. The molecule has 5 rings (SSSR count). The van der Waals surface area contributed by atoms with Gasteiger partial charge < -0.3 is 45.9 Å². The van der Waals surface area contributed by atoms with Crippen molar-refractivity contribution in [2.75, 3.05) is 6.54 Å². The summed E-state index contributed by atoms with van der Waals surface area (Å²) >= 11 is 0. The number of hydrogen-bond acceptors (Lipinski definition) is 12. The van der Waals surface area contributed by atoms with E-state index in [1.165, 1.54) is 18.2 Å². The number of phenolic OH excluding ortho intramolecular Hbond substituents is 5. The predicted octanol–water partition coefficient (Wildman–Crippen LogP) is 8.38. The Hall–Kier alpha value is -6.77. The van der Waals surface area contributed by atoms with Crippen molar-refractivity contribution in [2.24, 2.45) is 0 Å². The van der Waals surface area contributed by atoms with Gasteiger partial charge >= 0.3 is 11.9 Å². The van der Waals surface area contributed by atoms with Gasteiger partial charge in [-0.2, -0.15) is 0 Å². The zero-order chi connectivity index (χ0) is 46.5. The number of aromatic carboxylic acids is 1. The first kappa shape index (κ1) is 50.6. The number of phenols is 6.